The third-order valence-corrected chi connectivity index (χ3v) is 10.7. The number of aliphatic hydroxyl groups is 1. The van der Waals surface area contributed by atoms with E-state index in [0.717, 1.165) is 43.7 Å². The number of hydrogen-bond acceptors (Lipinski definition) is 5. The van der Waals surface area contributed by atoms with Crippen LogP contribution in [-0.2, 0) is 23.1 Å². The van der Waals surface area contributed by atoms with Crippen LogP contribution in [0.5, 0.6) is 11.5 Å². The number of alkyl halides is 3. The van der Waals surface area contributed by atoms with Gasteiger partial charge < -0.3 is 19.5 Å². The molecule has 1 N–H and O–H groups in total. The monoisotopic (exact) mass is 646 g/mol. The van der Waals surface area contributed by atoms with Crippen LogP contribution < -0.4 is 9.47 Å². The number of carbonyl (C=O) groups excluding carboxylic acids is 1. The minimum Gasteiger partial charge on any atom is -0.487 e. The zero-order valence-electron chi connectivity index (χ0n) is 26.7. The van der Waals surface area contributed by atoms with Crippen molar-refractivity contribution in [2.45, 2.75) is 81.5 Å². The fraction of sp³-hybridized carbons (Fsp3) is 0.447. The van der Waals surface area contributed by atoms with Crippen molar-refractivity contribution in [2.24, 2.45) is 5.92 Å². The Labute approximate surface area is 273 Å². The minimum absolute atomic E-state index is 0.0618. The lowest BCUT2D eigenvalue weighted by atomic mass is 9.48. The van der Waals surface area contributed by atoms with Crippen LogP contribution in [0.1, 0.15) is 55.4 Å². The highest BCUT2D eigenvalue weighted by Gasteiger charge is 2.73. The maximum absolute atomic E-state index is 14.0. The molecule has 3 aromatic rings. The highest BCUT2D eigenvalue weighted by atomic mass is 19.4. The zero-order valence-corrected chi connectivity index (χ0v) is 26.7. The molecule has 2 aliphatic heterocycles. The van der Waals surface area contributed by atoms with Gasteiger partial charge in [-0.25, -0.2) is 0 Å². The van der Waals surface area contributed by atoms with Crippen LogP contribution in [0, 0.1) is 5.92 Å². The van der Waals surface area contributed by atoms with Gasteiger partial charge in [0.25, 0.3) is 0 Å². The van der Waals surface area contributed by atoms with Gasteiger partial charge in [-0.3, -0.25) is 9.69 Å². The van der Waals surface area contributed by atoms with E-state index in [1.54, 1.807) is 6.07 Å². The van der Waals surface area contributed by atoms with Gasteiger partial charge in [-0.1, -0.05) is 68.4 Å². The topological polar surface area (TPSA) is 62.2 Å². The molecule has 2 aliphatic carbocycles. The summed E-state index contributed by atoms with van der Waals surface area (Å²) >= 11 is 0. The molecule has 0 radical (unpaired) electrons. The van der Waals surface area contributed by atoms with Gasteiger partial charge in [-0.15, -0.1) is 13.2 Å². The van der Waals surface area contributed by atoms with Gasteiger partial charge in [0, 0.05) is 30.8 Å². The van der Waals surface area contributed by atoms with E-state index in [1.165, 1.54) is 41.5 Å². The zero-order chi connectivity index (χ0) is 33.0. The van der Waals surface area contributed by atoms with Crippen LogP contribution in [-0.4, -0.2) is 70.6 Å². The third kappa shape index (κ3) is 5.61. The van der Waals surface area contributed by atoms with Crippen LogP contribution >= 0.6 is 0 Å². The lowest BCUT2D eigenvalue weighted by Gasteiger charge is -2.65. The van der Waals surface area contributed by atoms with Gasteiger partial charge in [-0.05, 0) is 85.5 Å². The molecular weight excluding hydrogens is 605 g/mol. The van der Waals surface area contributed by atoms with Gasteiger partial charge in [0.2, 0.25) is 5.91 Å². The Balaban J connectivity index is 1.19. The molecule has 4 aliphatic rings. The number of piperidine rings is 1. The van der Waals surface area contributed by atoms with Crippen molar-refractivity contribution in [3.8, 4) is 11.5 Å². The molecule has 9 heteroatoms. The van der Waals surface area contributed by atoms with Crippen LogP contribution in [0.15, 0.2) is 78.9 Å². The number of rotatable bonds is 9. The van der Waals surface area contributed by atoms with Crippen LogP contribution in [0.3, 0.4) is 0 Å². The Morgan fingerprint density at radius 2 is 1.89 bits per heavy atom. The molecule has 0 unspecified atom stereocenters. The summed E-state index contributed by atoms with van der Waals surface area (Å²) in [5.41, 5.74) is 2.38. The number of amides is 1. The molecule has 1 saturated carbocycles. The number of benzene rings is 3. The average Bonchev–Trinajstić information content (AvgIpc) is 3.37. The van der Waals surface area contributed by atoms with Gasteiger partial charge in [-0.2, -0.15) is 0 Å². The van der Waals surface area contributed by atoms with E-state index < -0.39 is 23.5 Å². The molecule has 47 heavy (non-hydrogen) atoms. The molecule has 3 aromatic carbocycles. The summed E-state index contributed by atoms with van der Waals surface area (Å²) in [6.07, 6.45) is 1.25. The van der Waals surface area contributed by atoms with Crippen molar-refractivity contribution in [1.82, 2.24) is 9.80 Å². The van der Waals surface area contributed by atoms with E-state index >= 15 is 0 Å². The molecule has 0 aromatic heterocycles. The molecule has 7 rings (SSSR count). The Hall–Kier alpha value is -3.82. The normalized spacial score (nSPS) is 27.9. The summed E-state index contributed by atoms with van der Waals surface area (Å²) in [5, 5.41) is 12.9. The molecule has 2 heterocycles. The molecule has 2 bridgehead atoms. The van der Waals surface area contributed by atoms with E-state index in [4.69, 9.17) is 4.74 Å². The van der Waals surface area contributed by atoms with E-state index in [0.29, 0.717) is 24.9 Å². The summed E-state index contributed by atoms with van der Waals surface area (Å²) < 4.78 is 49.3. The van der Waals surface area contributed by atoms with Gasteiger partial charge in [0.15, 0.2) is 0 Å². The summed E-state index contributed by atoms with van der Waals surface area (Å²) in [5.74, 6) is 0.391. The number of carbonyl (C=O) groups is 1. The predicted molar refractivity (Wildman–Crippen MR) is 173 cm³/mol. The SMILES string of the molecule is CC(C)CN(C(=O)C=Cc1cccc(OC(F)(F)F)c1)[C@H]1CC[C@@]2(O)[C@H]3Cc4cccc5c4[C@@]2(CCN3CCc2ccccc2)[C@H]1O5. The lowest BCUT2D eigenvalue weighted by Crippen LogP contribution is -2.78. The van der Waals surface area contributed by atoms with Crippen molar-refractivity contribution in [1.29, 1.82) is 0 Å². The number of hydrogen-bond donors (Lipinski definition) is 1. The number of halogens is 3. The highest BCUT2D eigenvalue weighted by Crippen LogP contribution is 2.64. The Bertz CT molecular complexity index is 1660. The van der Waals surface area contributed by atoms with E-state index in [1.807, 2.05) is 23.1 Å². The van der Waals surface area contributed by atoms with Gasteiger partial charge >= 0.3 is 6.36 Å². The second-order valence-electron chi connectivity index (χ2n) is 13.9. The first-order valence-electron chi connectivity index (χ1n) is 16.6. The van der Waals surface area contributed by atoms with Gasteiger partial charge in [0.05, 0.1) is 17.1 Å². The largest absolute Gasteiger partial charge is 0.573 e. The summed E-state index contributed by atoms with van der Waals surface area (Å²) in [6.45, 7) is 6.28. The summed E-state index contributed by atoms with van der Waals surface area (Å²) in [6, 6.07) is 21.9. The second-order valence-corrected chi connectivity index (χ2v) is 13.9. The first-order chi connectivity index (χ1) is 22.5. The van der Waals surface area contributed by atoms with Crippen LogP contribution in [0.25, 0.3) is 6.08 Å². The molecule has 1 spiro atoms. The Morgan fingerprint density at radius 3 is 2.66 bits per heavy atom. The molecule has 6 nitrogen and oxygen atoms in total. The average molecular weight is 647 g/mol. The minimum atomic E-state index is -4.80. The number of nitrogens with zero attached hydrogens (tertiary/aromatic N) is 2. The fourth-order valence-electron chi connectivity index (χ4n) is 8.94. The first-order valence-corrected chi connectivity index (χ1v) is 16.6. The molecule has 1 saturated heterocycles. The maximum atomic E-state index is 14.0. The van der Waals surface area contributed by atoms with E-state index in [-0.39, 0.29) is 29.7 Å². The van der Waals surface area contributed by atoms with Crippen LogP contribution in [0.2, 0.25) is 0 Å². The smallest absolute Gasteiger partial charge is 0.487 e. The van der Waals surface area contributed by atoms with Crippen molar-refractivity contribution in [3.63, 3.8) is 0 Å². The summed E-state index contributed by atoms with van der Waals surface area (Å²) in [4.78, 5) is 18.4. The molecule has 248 valence electrons. The van der Waals surface area contributed by atoms with Crippen LogP contribution in [0.4, 0.5) is 13.2 Å². The predicted octanol–water partition coefficient (Wildman–Crippen LogP) is 6.55. The van der Waals surface area contributed by atoms with Crippen molar-refractivity contribution >= 4 is 12.0 Å². The Morgan fingerprint density at radius 1 is 1.11 bits per heavy atom. The van der Waals surface area contributed by atoms with Crippen molar-refractivity contribution in [3.05, 3.63) is 101 Å². The quantitative estimate of drug-likeness (QED) is 0.268. The third-order valence-electron chi connectivity index (χ3n) is 10.7. The molecular formula is C38H41F3N2O4. The van der Waals surface area contributed by atoms with Crippen molar-refractivity contribution < 1.29 is 32.5 Å². The fourth-order valence-corrected chi connectivity index (χ4v) is 8.94. The highest BCUT2D eigenvalue weighted by molar-refractivity contribution is 5.92. The number of ether oxygens (including phenoxy) is 2. The summed E-state index contributed by atoms with van der Waals surface area (Å²) in [7, 11) is 0. The molecule has 1 amide bonds. The second kappa shape index (κ2) is 12.0. The number of likely N-dealkylation sites (tertiary alicyclic amines) is 1. The van der Waals surface area contributed by atoms with Crippen molar-refractivity contribution in [2.75, 3.05) is 19.6 Å². The van der Waals surface area contributed by atoms with Gasteiger partial charge in [0.1, 0.15) is 17.6 Å². The van der Waals surface area contributed by atoms with E-state index in [9.17, 15) is 23.1 Å². The molecule has 2 fully saturated rings. The first kappa shape index (κ1) is 31.8. The van der Waals surface area contributed by atoms with E-state index in [2.05, 4.69) is 53.8 Å². The maximum Gasteiger partial charge on any atom is 0.573 e. The molecule has 5 atom stereocenters. The Kier molecular flexibility index (Phi) is 8.12. The standard InChI is InChI=1S/C38H41F3N2O4/c1-25(2)24-43(33(44)15-14-27-10-6-12-29(22-27)47-38(39,40)41)30-16-18-37(45)32-23-28-11-7-13-31-34(28)36(37,35(30)46-31)19-21-42(32)20-17-26-8-4-3-5-9-26/h3-15,22,25,30,32,35,45H,16-21,23-24H2,1-2H3/t30-,32+,35-,36-,37+/m0/s1. The lowest BCUT2D eigenvalue weighted by molar-refractivity contribution is -0.274.